The second-order valence-corrected chi connectivity index (χ2v) is 13.7. The predicted octanol–water partition coefficient (Wildman–Crippen LogP) is 2.87. The number of rotatable bonds is 15. The highest BCUT2D eigenvalue weighted by Crippen LogP contribution is 2.30. The average molecular weight is 683 g/mol. The van der Waals surface area contributed by atoms with E-state index in [1.807, 2.05) is 13.8 Å². The van der Waals surface area contributed by atoms with Gasteiger partial charge in [0.15, 0.2) is 45.7 Å². The van der Waals surface area contributed by atoms with Crippen LogP contribution < -0.4 is 10.3 Å². The number of esters is 1. The predicted molar refractivity (Wildman–Crippen MR) is 163 cm³/mol. The van der Waals surface area contributed by atoms with Crippen LogP contribution in [0.4, 0.5) is 8.78 Å². The molecule has 16 heteroatoms. The maximum absolute atomic E-state index is 14.1. The molecule has 0 saturated carbocycles. The van der Waals surface area contributed by atoms with Gasteiger partial charge in [-0.3, -0.25) is 4.79 Å². The highest BCUT2D eigenvalue weighted by Gasteiger charge is 2.35. The molecule has 0 radical (unpaired) electrons. The summed E-state index contributed by atoms with van der Waals surface area (Å²) < 4.78 is 69.7. The zero-order chi connectivity index (χ0) is 35.3. The van der Waals surface area contributed by atoms with Gasteiger partial charge in [0.1, 0.15) is 5.60 Å². The molecule has 1 heterocycles. The largest absolute Gasteiger partial charge is 0.479 e. The Kier molecular flexibility index (Phi) is 12.0. The van der Waals surface area contributed by atoms with Gasteiger partial charge in [-0.05, 0) is 49.6 Å². The minimum atomic E-state index is -3.53. The topological polar surface area (TPSA) is 192 Å². The summed E-state index contributed by atoms with van der Waals surface area (Å²) in [6, 6.07) is 8.35. The first kappa shape index (κ1) is 37.2. The monoisotopic (exact) mass is 682 g/mol. The van der Waals surface area contributed by atoms with Crippen molar-refractivity contribution in [3.8, 4) is 22.6 Å². The van der Waals surface area contributed by atoms with Crippen LogP contribution in [0.1, 0.15) is 40.5 Å². The van der Waals surface area contributed by atoms with E-state index in [4.69, 9.17) is 19.3 Å². The Bertz CT molecular complexity index is 1760. The summed E-state index contributed by atoms with van der Waals surface area (Å²) in [4.78, 5) is 36.9. The van der Waals surface area contributed by atoms with Crippen molar-refractivity contribution >= 4 is 21.8 Å². The number of nitrogens with zero attached hydrogens (tertiary/aromatic N) is 2. The molecular formula is C31H36F2N2O11S. The van der Waals surface area contributed by atoms with Crippen molar-refractivity contribution in [2.24, 2.45) is 5.92 Å². The molecule has 3 atom stereocenters. The number of aliphatic carboxylic acids is 1. The van der Waals surface area contributed by atoms with Gasteiger partial charge in [0, 0.05) is 30.7 Å². The highest BCUT2D eigenvalue weighted by molar-refractivity contribution is 7.90. The number of hydrogen-bond acceptors (Lipinski definition) is 11. The maximum Gasteiger partial charge on any atom is 0.338 e. The van der Waals surface area contributed by atoms with E-state index in [0.29, 0.717) is 5.56 Å². The Morgan fingerprint density at radius 1 is 1.02 bits per heavy atom. The number of aliphatic hydroxyl groups excluding tert-OH is 2. The van der Waals surface area contributed by atoms with Gasteiger partial charge >= 0.3 is 17.5 Å². The normalized spacial score (nSPS) is 14.0. The number of benzene rings is 2. The second kappa shape index (κ2) is 15.1. The fourth-order valence-corrected chi connectivity index (χ4v) is 4.82. The fraction of sp³-hybridized carbons (Fsp3) is 0.419. The van der Waals surface area contributed by atoms with Gasteiger partial charge in [0.05, 0.1) is 23.4 Å². The van der Waals surface area contributed by atoms with Crippen LogP contribution in [0.3, 0.4) is 0 Å². The number of carbonyl (C=O) groups excluding carboxylic acids is 1. The number of aliphatic hydroxyl groups is 2. The molecule has 0 amide bonds. The molecule has 256 valence electrons. The lowest BCUT2D eigenvalue weighted by Crippen LogP contribution is -2.44. The maximum atomic E-state index is 14.1. The SMILES string of the molecule is CC(C)CC(OCCC(C)(C)OC(=O)[C@H](O)[C@@H](O)C(=O)O)Oc1c(-c2ccc(S(C)(=O)=O)cc2)cnn(-c2ccc(F)c(F)c2)c1=O. The van der Waals surface area contributed by atoms with Crippen LogP contribution in [0, 0.1) is 17.6 Å². The van der Waals surface area contributed by atoms with Crippen molar-refractivity contribution in [1.82, 2.24) is 9.78 Å². The lowest BCUT2D eigenvalue weighted by Gasteiger charge is -2.28. The van der Waals surface area contributed by atoms with Crippen LogP contribution in [0.2, 0.25) is 0 Å². The molecule has 3 rings (SSSR count). The molecule has 3 N–H and O–H groups in total. The summed E-state index contributed by atoms with van der Waals surface area (Å²) in [6.07, 6.45) is -3.27. The van der Waals surface area contributed by atoms with Gasteiger partial charge in [0.2, 0.25) is 0 Å². The molecule has 1 unspecified atom stereocenters. The van der Waals surface area contributed by atoms with Gasteiger partial charge in [-0.15, -0.1) is 0 Å². The summed E-state index contributed by atoms with van der Waals surface area (Å²) in [7, 11) is -3.53. The van der Waals surface area contributed by atoms with Crippen LogP contribution >= 0.6 is 0 Å². The van der Waals surface area contributed by atoms with Crippen LogP contribution in [-0.4, -0.2) is 82.4 Å². The van der Waals surface area contributed by atoms with Crippen LogP contribution in [0.5, 0.6) is 5.75 Å². The molecule has 0 aliphatic rings. The number of carbonyl (C=O) groups is 2. The Labute approximate surface area is 269 Å². The molecule has 47 heavy (non-hydrogen) atoms. The molecule has 2 aromatic carbocycles. The van der Waals surface area contributed by atoms with Gasteiger partial charge in [-0.25, -0.2) is 26.8 Å². The summed E-state index contributed by atoms with van der Waals surface area (Å²) in [5.74, 6) is -5.85. The van der Waals surface area contributed by atoms with E-state index in [2.05, 4.69) is 5.10 Å². The van der Waals surface area contributed by atoms with E-state index in [1.54, 1.807) is 0 Å². The number of halogens is 2. The van der Waals surface area contributed by atoms with Gasteiger partial charge < -0.3 is 29.5 Å². The first-order valence-electron chi connectivity index (χ1n) is 14.3. The minimum Gasteiger partial charge on any atom is -0.479 e. The number of sulfone groups is 1. The summed E-state index contributed by atoms with van der Waals surface area (Å²) in [5, 5.41) is 32.1. The van der Waals surface area contributed by atoms with Crippen molar-refractivity contribution < 1.29 is 56.3 Å². The Balaban J connectivity index is 1.95. The fourth-order valence-electron chi connectivity index (χ4n) is 4.19. The average Bonchev–Trinajstić information content (AvgIpc) is 2.97. The third kappa shape index (κ3) is 9.87. The van der Waals surface area contributed by atoms with E-state index in [1.165, 1.54) is 44.3 Å². The molecule has 13 nitrogen and oxygen atoms in total. The molecule has 0 fully saturated rings. The quantitative estimate of drug-likeness (QED) is 0.157. The third-order valence-electron chi connectivity index (χ3n) is 6.77. The molecule has 0 bridgehead atoms. The minimum absolute atomic E-state index is 0.00181. The van der Waals surface area contributed by atoms with Crippen molar-refractivity contribution in [3.63, 3.8) is 0 Å². The van der Waals surface area contributed by atoms with Crippen LogP contribution in [-0.2, 0) is 28.9 Å². The molecule has 0 aliphatic heterocycles. The lowest BCUT2D eigenvalue weighted by molar-refractivity contribution is -0.181. The first-order chi connectivity index (χ1) is 21.8. The van der Waals surface area contributed by atoms with Crippen molar-refractivity contribution in [1.29, 1.82) is 0 Å². The summed E-state index contributed by atoms with van der Waals surface area (Å²) in [6.45, 7) is 6.52. The molecule has 3 aromatic rings. The van der Waals surface area contributed by atoms with E-state index in [0.717, 1.165) is 29.1 Å². The first-order valence-corrected chi connectivity index (χ1v) is 16.2. The lowest BCUT2D eigenvalue weighted by atomic mass is 10.1. The molecular weight excluding hydrogens is 646 g/mol. The third-order valence-corrected chi connectivity index (χ3v) is 7.89. The molecule has 0 spiro atoms. The Morgan fingerprint density at radius 2 is 1.66 bits per heavy atom. The van der Waals surface area contributed by atoms with E-state index in [9.17, 15) is 41.8 Å². The molecule has 1 aromatic heterocycles. The van der Waals surface area contributed by atoms with Gasteiger partial charge in [0.25, 0.3) is 0 Å². The Hall–Kier alpha value is -4.25. The number of hydrogen-bond donors (Lipinski definition) is 3. The van der Waals surface area contributed by atoms with E-state index >= 15 is 0 Å². The summed E-state index contributed by atoms with van der Waals surface area (Å²) >= 11 is 0. The van der Waals surface area contributed by atoms with E-state index in [-0.39, 0.29) is 47.3 Å². The molecule has 0 saturated heterocycles. The smallest absolute Gasteiger partial charge is 0.338 e. The highest BCUT2D eigenvalue weighted by atomic mass is 32.2. The van der Waals surface area contributed by atoms with E-state index < -0.39 is 63.1 Å². The zero-order valence-electron chi connectivity index (χ0n) is 26.2. The Morgan fingerprint density at radius 3 is 2.21 bits per heavy atom. The van der Waals surface area contributed by atoms with Crippen molar-refractivity contribution in [2.45, 2.75) is 69.5 Å². The van der Waals surface area contributed by atoms with Gasteiger partial charge in [-0.2, -0.15) is 9.78 Å². The number of carboxylic acid groups (broad SMARTS) is 1. The van der Waals surface area contributed by atoms with Crippen molar-refractivity contribution in [3.05, 3.63) is 70.6 Å². The van der Waals surface area contributed by atoms with Crippen LogP contribution in [0.15, 0.2) is 58.4 Å². The number of ether oxygens (including phenoxy) is 3. The van der Waals surface area contributed by atoms with Crippen LogP contribution in [0.25, 0.3) is 16.8 Å². The molecule has 0 aliphatic carbocycles. The second-order valence-electron chi connectivity index (χ2n) is 11.7. The number of aromatic nitrogens is 2. The van der Waals surface area contributed by atoms with Gasteiger partial charge in [-0.1, -0.05) is 26.0 Å². The van der Waals surface area contributed by atoms with Crippen molar-refractivity contribution in [2.75, 3.05) is 12.9 Å². The standard InChI is InChI=1S/C31H36F2N2O11S/c1-17(2)14-24(44-13-12-31(3,4)46-30(41)26(37)25(36)29(39)40)45-27-21(18-6-9-20(10-7-18)47(5,42)43)16-34-35(28(27)38)19-8-11-22(32)23(33)15-19/h6-11,15-17,24-26,36-37H,12-14H2,1-5H3,(H,39,40)/t24?,25-,26-/m1/s1. The zero-order valence-corrected chi connectivity index (χ0v) is 27.0. The number of carboxylic acids is 1. The summed E-state index contributed by atoms with van der Waals surface area (Å²) in [5.41, 5.74) is -1.77.